The van der Waals surface area contributed by atoms with E-state index in [-0.39, 0.29) is 11.9 Å². The minimum absolute atomic E-state index is 0.0839. The predicted octanol–water partition coefficient (Wildman–Crippen LogP) is 2.31. The number of amides is 1. The highest BCUT2D eigenvalue weighted by Gasteiger charge is 2.39. The van der Waals surface area contributed by atoms with Crippen LogP contribution < -0.4 is 0 Å². The first kappa shape index (κ1) is 13.5. The van der Waals surface area contributed by atoms with E-state index in [0.717, 1.165) is 10.8 Å². The maximum absolute atomic E-state index is 12.8. The van der Waals surface area contributed by atoms with E-state index in [0.29, 0.717) is 18.5 Å². The van der Waals surface area contributed by atoms with Crippen LogP contribution in [-0.2, 0) is 4.79 Å². The van der Waals surface area contributed by atoms with E-state index in [1.165, 1.54) is 4.90 Å². The Balaban J connectivity index is 2.06. The molecule has 2 aromatic rings. The topological polar surface area (TPSA) is 70.5 Å². The van der Waals surface area contributed by atoms with Gasteiger partial charge in [-0.1, -0.05) is 24.3 Å². The number of pyridine rings is 1. The number of hydrogen-bond donors (Lipinski definition) is 1. The zero-order valence-corrected chi connectivity index (χ0v) is 11.7. The van der Waals surface area contributed by atoms with E-state index < -0.39 is 12.0 Å². The zero-order valence-electron chi connectivity index (χ0n) is 11.7. The van der Waals surface area contributed by atoms with Gasteiger partial charge in [0.2, 0.25) is 0 Å². The third kappa shape index (κ3) is 2.24. The van der Waals surface area contributed by atoms with Gasteiger partial charge in [0.05, 0.1) is 0 Å². The van der Waals surface area contributed by atoms with E-state index in [1.807, 2.05) is 37.3 Å². The number of nitrogens with zero attached hydrogens (tertiary/aromatic N) is 2. The largest absolute Gasteiger partial charge is 0.480 e. The first-order chi connectivity index (χ1) is 10.1. The molecule has 0 bridgehead atoms. The van der Waals surface area contributed by atoms with Crippen molar-refractivity contribution in [1.82, 2.24) is 9.88 Å². The molecule has 108 valence electrons. The normalized spacial score (nSPS) is 21.7. The summed E-state index contributed by atoms with van der Waals surface area (Å²) in [5, 5.41) is 11.0. The second-order valence-electron chi connectivity index (χ2n) is 5.37. The molecule has 0 aliphatic carbocycles. The average molecular weight is 284 g/mol. The molecule has 0 radical (unpaired) electrons. The fraction of sp³-hybridized carbons (Fsp3) is 0.312. The van der Waals surface area contributed by atoms with Crippen molar-refractivity contribution >= 4 is 22.6 Å². The smallest absolute Gasteiger partial charge is 0.326 e. The molecule has 3 rings (SSSR count). The summed E-state index contributed by atoms with van der Waals surface area (Å²) in [5.74, 6) is -1.25. The minimum atomic E-state index is -0.951. The number of likely N-dealkylation sites (tertiary alicyclic amines) is 1. The maximum atomic E-state index is 12.8. The van der Waals surface area contributed by atoms with Gasteiger partial charge in [0.15, 0.2) is 0 Å². The van der Waals surface area contributed by atoms with E-state index >= 15 is 0 Å². The lowest BCUT2D eigenvalue weighted by Gasteiger charge is -2.26. The number of aliphatic carboxylic acids is 1. The molecule has 1 N–H and O–H groups in total. The van der Waals surface area contributed by atoms with Crippen LogP contribution in [0.2, 0.25) is 0 Å². The number of carbonyl (C=O) groups excluding carboxylic acids is 1. The number of benzene rings is 1. The number of fused-ring (bicyclic) bond motifs is 1. The molecule has 2 atom stereocenters. The Hall–Kier alpha value is -2.43. The molecule has 5 nitrogen and oxygen atoms in total. The Kier molecular flexibility index (Phi) is 3.33. The van der Waals surface area contributed by atoms with Crippen LogP contribution in [0.4, 0.5) is 0 Å². The monoisotopic (exact) mass is 284 g/mol. The van der Waals surface area contributed by atoms with E-state index in [1.54, 1.807) is 6.20 Å². The van der Waals surface area contributed by atoms with Crippen molar-refractivity contribution in [2.75, 3.05) is 0 Å². The summed E-state index contributed by atoms with van der Waals surface area (Å²) >= 11 is 0. The molecule has 1 amide bonds. The summed E-state index contributed by atoms with van der Waals surface area (Å²) in [5.41, 5.74) is 0.327. The van der Waals surface area contributed by atoms with Crippen molar-refractivity contribution in [2.24, 2.45) is 0 Å². The lowest BCUT2D eigenvalue weighted by molar-refractivity contribution is -0.141. The molecule has 0 spiro atoms. The molecular weight excluding hydrogens is 268 g/mol. The van der Waals surface area contributed by atoms with Crippen LogP contribution in [0.25, 0.3) is 10.8 Å². The Morgan fingerprint density at radius 2 is 2.00 bits per heavy atom. The SMILES string of the molecule is C[C@@H]1CC[C@H](C(=O)O)N1C(=O)c1nccc2ccccc12. The number of carboxylic acids is 1. The van der Waals surface area contributed by atoms with Gasteiger partial charge in [0.25, 0.3) is 5.91 Å². The zero-order chi connectivity index (χ0) is 15.0. The average Bonchev–Trinajstić information content (AvgIpc) is 2.88. The van der Waals surface area contributed by atoms with Gasteiger partial charge in [-0.15, -0.1) is 0 Å². The highest BCUT2D eigenvalue weighted by atomic mass is 16.4. The van der Waals surface area contributed by atoms with Crippen molar-refractivity contribution < 1.29 is 14.7 Å². The van der Waals surface area contributed by atoms with Crippen LogP contribution in [0, 0.1) is 0 Å². The summed E-state index contributed by atoms with van der Waals surface area (Å²) in [6, 6.07) is 8.50. The third-order valence-electron chi connectivity index (χ3n) is 4.06. The Morgan fingerprint density at radius 3 is 2.76 bits per heavy atom. The molecule has 0 unspecified atom stereocenters. The fourth-order valence-electron chi connectivity index (χ4n) is 2.98. The predicted molar refractivity (Wildman–Crippen MR) is 78.0 cm³/mol. The van der Waals surface area contributed by atoms with E-state index in [4.69, 9.17) is 0 Å². The summed E-state index contributed by atoms with van der Waals surface area (Å²) in [7, 11) is 0. The summed E-state index contributed by atoms with van der Waals surface area (Å²) in [6.07, 6.45) is 2.78. The standard InChI is InChI=1S/C16H16N2O3/c1-10-6-7-13(16(20)21)18(10)15(19)14-12-5-3-2-4-11(12)8-9-17-14/h2-5,8-10,13H,6-7H2,1H3,(H,20,21)/t10-,13-/m1/s1. The third-order valence-corrected chi connectivity index (χ3v) is 4.06. The van der Waals surface area contributed by atoms with Crippen molar-refractivity contribution in [3.63, 3.8) is 0 Å². The first-order valence-electron chi connectivity index (χ1n) is 6.99. The Labute approximate surface area is 122 Å². The van der Waals surface area contributed by atoms with Crippen molar-refractivity contribution in [3.05, 3.63) is 42.2 Å². The number of carbonyl (C=O) groups is 2. The number of carboxylic acid groups (broad SMARTS) is 1. The highest BCUT2D eigenvalue weighted by molar-refractivity contribution is 6.06. The Morgan fingerprint density at radius 1 is 1.24 bits per heavy atom. The number of rotatable bonds is 2. The van der Waals surface area contributed by atoms with E-state index in [9.17, 15) is 14.7 Å². The summed E-state index contributed by atoms with van der Waals surface area (Å²) < 4.78 is 0. The fourth-order valence-corrected chi connectivity index (χ4v) is 2.98. The molecule has 1 saturated heterocycles. The van der Waals surface area contributed by atoms with Gasteiger partial charge >= 0.3 is 5.97 Å². The van der Waals surface area contributed by atoms with Gasteiger partial charge in [0, 0.05) is 17.6 Å². The first-order valence-corrected chi connectivity index (χ1v) is 6.99. The quantitative estimate of drug-likeness (QED) is 0.918. The van der Waals surface area contributed by atoms with Gasteiger partial charge in [-0.3, -0.25) is 9.78 Å². The second-order valence-corrected chi connectivity index (χ2v) is 5.37. The van der Waals surface area contributed by atoms with Crippen molar-refractivity contribution in [2.45, 2.75) is 31.8 Å². The minimum Gasteiger partial charge on any atom is -0.480 e. The molecule has 1 aliphatic heterocycles. The van der Waals surface area contributed by atoms with Crippen LogP contribution in [-0.4, -0.2) is 39.0 Å². The molecule has 0 saturated carbocycles. The number of hydrogen-bond acceptors (Lipinski definition) is 3. The second kappa shape index (κ2) is 5.16. The van der Waals surface area contributed by atoms with Gasteiger partial charge in [-0.25, -0.2) is 4.79 Å². The number of aromatic nitrogens is 1. The molecule has 1 fully saturated rings. The van der Waals surface area contributed by atoms with Crippen LogP contribution in [0.3, 0.4) is 0 Å². The van der Waals surface area contributed by atoms with Crippen molar-refractivity contribution in [3.8, 4) is 0 Å². The molecule has 1 aliphatic rings. The lowest BCUT2D eigenvalue weighted by Crippen LogP contribution is -2.44. The molecule has 21 heavy (non-hydrogen) atoms. The maximum Gasteiger partial charge on any atom is 0.326 e. The molecular formula is C16H16N2O3. The van der Waals surface area contributed by atoms with Crippen LogP contribution in [0.15, 0.2) is 36.5 Å². The van der Waals surface area contributed by atoms with Gasteiger partial charge in [-0.05, 0) is 31.2 Å². The summed E-state index contributed by atoms with van der Waals surface area (Å²) in [6.45, 7) is 1.88. The molecule has 1 aromatic carbocycles. The molecule has 5 heteroatoms. The van der Waals surface area contributed by atoms with E-state index in [2.05, 4.69) is 4.98 Å². The molecule has 2 heterocycles. The van der Waals surface area contributed by atoms with Gasteiger partial charge in [-0.2, -0.15) is 0 Å². The van der Waals surface area contributed by atoms with Crippen LogP contribution >= 0.6 is 0 Å². The van der Waals surface area contributed by atoms with Gasteiger partial charge in [0.1, 0.15) is 11.7 Å². The van der Waals surface area contributed by atoms with Crippen LogP contribution in [0.5, 0.6) is 0 Å². The van der Waals surface area contributed by atoms with Crippen molar-refractivity contribution in [1.29, 1.82) is 0 Å². The van der Waals surface area contributed by atoms with Crippen LogP contribution in [0.1, 0.15) is 30.3 Å². The summed E-state index contributed by atoms with van der Waals surface area (Å²) in [4.78, 5) is 29.8. The Bertz CT molecular complexity index is 708. The molecule has 1 aromatic heterocycles. The van der Waals surface area contributed by atoms with Gasteiger partial charge < -0.3 is 10.0 Å². The lowest BCUT2D eigenvalue weighted by atomic mass is 10.1. The highest BCUT2D eigenvalue weighted by Crippen LogP contribution is 2.27.